The zero-order valence-corrected chi connectivity index (χ0v) is 17.4. The Morgan fingerprint density at radius 2 is 1.93 bits per heavy atom. The van der Waals surface area contributed by atoms with Gasteiger partial charge >= 0.3 is 0 Å². The first-order valence-corrected chi connectivity index (χ1v) is 9.10. The Bertz CT molecular complexity index is 873. The fraction of sp³-hybridized carbons (Fsp3) is 0.350. The van der Waals surface area contributed by atoms with E-state index in [2.05, 4.69) is 10.3 Å². The molecule has 7 nitrogen and oxygen atoms in total. The van der Waals surface area contributed by atoms with Crippen molar-refractivity contribution < 1.29 is 14.3 Å². The van der Waals surface area contributed by atoms with Crippen molar-refractivity contribution in [2.24, 2.45) is 5.73 Å². The van der Waals surface area contributed by atoms with Crippen molar-refractivity contribution >= 4 is 48.0 Å². The predicted molar refractivity (Wildman–Crippen MR) is 116 cm³/mol. The van der Waals surface area contributed by atoms with Crippen LogP contribution in [0.2, 0.25) is 0 Å². The van der Waals surface area contributed by atoms with Crippen LogP contribution in [-0.4, -0.2) is 42.1 Å². The standard InChI is InChI=1S/C20H22N4O3.2ClH/c21-20(6-10-27-11-7-20)19(26)23-16-3-4-17-14(12-16)5-9-24(17)18(25)15-2-1-8-22-13-15;;/h1-4,8,12-13H,5-7,9-11,21H2,(H,23,26);2*1H. The summed E-state index contributed by atoms with van der Waals surface area (Å²) in [5.41, 5.74) is 8.51. The second-order valence-corrected chi connectivity index (χ2v) is 7.01. The number of ether oxygens (including phenoxy) is 1. The molecule has 1 fully saturated rings. The summed E-state index contributed by atoms with van der Waals surface area (Å²) in [6, 6.07) is 9.12. The highest BCUT2D eigenvalue weighted by molar-refractivity contribution is 6.07. The first-order valence-electron chi connectivity index (χ1n) is 9.10. The van der Waals surface area contributed by atoms with Crippen molar-refractivity contribution in [3.8, 4) is 0 Å². The molecule has 2 aromatic rings. The van der Waals surface area contributed by atoms with Gasteiger partial charge in [-0.05, 0) is 55.2 Å². The molecule has 1 saturated heterocycles. The fourth-order valence-electron chi connectivity index (χ4n) is 3.55. The molecule has 9 heteroatoms. The van der Waals surface area contributed by atoms with Gasteiger partial charge < -0.3 is 20.7 Å². The van der Waals surface area contributed by atoms with Crippen molar-refractivity contribution in [2.45, 2.75) is 24.8 Å². The molecular weight excluding hydrogens is 415 g/mol. The van der Waals surface area contributed by atoms with Crippen LogP contribution in [0.15, 0.2) is 42.7 Å². The Morgan fingerprint density at radius 3 is 2.62 bits per heavy atom. The quantitative estimate of drug-likeness (QED) is 0.766. The molecule has 4 rings (SSSR count). The Labute approximate surface area is 181 Å². The van der Waals surface area contributed by atoms with Crippen LogP contribution in [0, 0.1) is 0 Å². The van der Waals surface area contributed by atoms with E-state index in [1.807, 2.05) is 18.2 Å². The molecule has 0 atom stereocenters. The minimum absolute atomic E-state index is 0. The minimum atomic E-state index is -0.889. The van der Waals surface area contributed by atoms with Crippen LogP contribution in [0.3, 0.4) is 0 Å². The maximum Gasteiger partial charge on any atom is 0.259 e. The molecule has 156 valence electrons. The first kappa shape index (κ1) is 23.1. The summed E-state index contributed by atoms with van der Waals surface area (Å²) in [7, 11) is 0. The summed E-state index contributed by atoms with van der Waals surface area (Å²) in [6.45, 7) is 1.61. The lowest BCUT2D eigenvalue weighted by atomic mass is 9.90. The van der Waals surface area contributed by atoms with Crippen LogP contribution in [0.1, 0.15) is 28.8 Å². The van der Waals surface area contributed by atoms with Crippen LogP contribution >= 0.6 is 24.8 Å². The highest BCUT2D eigenvalue weighted by Gasteiger charge is 2.36. The van der Waals surface area contributed by atoms with Crippen molar-refractivity contribution in [3.63, 3.8) is 0 Å². The van der Waals surface area contributed by atoms with Crippen LogP contribution in [0.5, 0.6) is 0 Å². The second-order valence-electron chi connectivity index (χ2n) is 7.01. The zero-order chi connectivity index (χ0) is 18.9. The van der Waals surface area contributed by atoms with Crippen LogP contribution < -0.4 is 16.0 Å². The molecule has 0 aliphatic carbocycles. The number of halogens is 2. The number of hydrogen-bond acceptors (Lipinski definition) is 5. The highest BCUT2D eigenvalue weighted by atomic mass is 35.5. The number of rotatable bonds is 3. The summed E-state index contributed by atoms with van der Waals surface area (Å²) < 4.78 is 5.29. The lowest BCUT2D eigenvalue weighted by Crippen LogP contribution is -2.54. The maximum absolute atomic E-state index is 12.7. The monoisotopic (exact) mass is 438 g/mol. The number of benzene rings is 1. The van der Waals surface area contributed by atoms with Crippen molar-refractivity contribution in [1.29, 1.82) is 0 Å². The van der Waals surface area contributed by atoms with Gasteiger partial charge in [-0.15, -0.1) is 24.8 Å². The average Bonchev–Trinajstić information content (AvgIpc) is 3.12. The number of hydrogen-bond donors (Lipinski definition) is 2. The molecule has 0 spiro atoms. The molecule has 0 radical (unpaired) electrons. The topological polar surface area (TPSA) is 97.6 Å². The van der Waals surface area contributed by atoms with Gasteiger partial charge in [0.2, 0.25) is 5.91 Å². The normalized spacial score (nSPS) is 16.8. The Hall–Kier alpha value is -2.19. The van der Waals surface area contributed by atoms with Gasteiger partial charge in [-0.25, -0.2) is 0 Å². The van der Waals surface area contributed by atoms with Gasteiger partial charge in [0.25, 0.3) is 5.91 Å². The van der Waals surface area contributed by atoms with Crippen molar-refractivity contribution in [1.82, 2.24) is 4.98 Å². The number of aromatic nitrogens is 1. The maximum atomic E-state index is 12.7. The number of fused-ring (bicyclic) bond motifs is 1. The van der Waals surface area contributed by atoms with E-state index in [-0.39, 0.29) is 36.6 Å². The van der Waals surface area contributed by atoms with E-state index in [0.717, 1.165) is 17.7 Å². The van der Waals surface area contributed by atoms with E-state index in [4.69, 9.17) is 10.5 Å². The number of anilines is 2. The van der Waals surface area contributed by atoms with E-state index in [1.54, 1.807) is 29.4 Å². The molecule has 2 aliphatic rings. The SMILES string of the molecule is Cl.Cl.NC1(C(=O)Nc2ccc3c(c2)CCN3C(=O)c2cccnc2)CCOCC1. The summed E-state index contributed by atoms with van der Waals surface area (Å²) >= 11 is 0. The smallest absolute Gasteiger partial charge is 0.259 e. The lowest BCUT2D eigenvalue weighted by Gasteiger charge is -2.31. The molecule has 0 bridgehead atoms. The van der Waals surface area contributed by atoms with Crippen LogP contribution in [0.4, 0.5) is 11.4 Å². The number of carbonyl (C=O) groups is 2. The molecule has 1 aromatic carbocycles. The average molecular weight is 439 g/mol. The van der Waals surface area contributed by atoms with E-state index < -0.39 is 5.54 Å². The number of pyridine rings is 1. The third-order valence-electron chi connectivity index (χ3n) is 5.22. The zero-order valence-electron chi connectivity index (χ0n) is 15.8. The molecule has 3 N–H and O–H groups in total. The third kappa shape index (κ3) is 4.70. The first-order chi connectivity index (χ1) is 13.1. The van der Waals surface area contributed by atoms with Crippen molar-refractivity contribution in [2.75, 3.05) is 30.0 Å². The van der Waals surface area contributed by atoms with Gasteiger partial charge in [0.1, 0.15) is 5.54 Å². The number of nitrogens with zero attached hydrogens (tertiary/aromatic N) is 2. The largest absolute Gasteiger partial charge is 0.381 e. The predicted octanol–water partition coefficient (Wildman–Crippen LogP) is 2.57. The highest BCUT2D eigenvalue weighted by Crippen LogP contribution is 2.32. The fourth-order valence-corrected chi connectivity index (χ4v) is 3.55. The second kappa shape index (κ2) is 9.54. The van der Waals surface area contributed by atoms with Gasteiger partial charge in [0, 0.05) is 43.5 Å². The van der Waals surface area contributed by atoms with Gasteiger partial charge in [0.15, 0.2) is 0 Å². The molecule has 2 aliphatic heterocycles. The van der Waals surface area contributed by atoms with Gasteiger partial charge in [-0.1, -0.05) is 0 Å². The number of nitrogens with two attached hydrogens (primary N) is 1. The molecular formula is C20H24Cl2N4O3. The molecule has 29 heavy (non-hydrogen) atoms. The molecule has 0 unspecified atom stereocenters. The lowest BCUT2D eigenvalue weighted by molar-refractivity contribution is -0.124. The number of nitrogens with one attached hydrogen (secondary N) is 1. The summed E-state index contributed by atoms with van der Waals surface area (Å²) in [5.74, 6) is -0.256. The molecule has 0 saturated carbocycles. The van der Waals surface area contributed by atoms with Gasteiger partial charge in [-0.2, -0.15) is 0 Å². The summed E-state index contributed by atoms with van der Waals surface area (Å²) in [4.78, 5) is 31.1. The van der Waals surface area contributed by atoms with E-state index >= 15 is 0 Å². The van der Waals surface area contributed by atoms with E-state index in [1.165, 1.54) is 0 Å². The Morgan fingerprint density at radius 1 is 1.17 bits per heavy atom. The summed E-state index contributed by atoms with van der Waals surface area (Å²) in [6.07, 6.45) is 4.98. The summed E-state index contributed by atoms with van der Waals surface area (Å²) in [5, 5.41) is 2.92. The van der Waals surface area contributed by atoms with E-state index in [0.29, 0.717) is 43.9 Å². The van der Waals surface area contributed by atoms with E-state index in [9.17, 15) is 9.59 Å². The number of carbonyl (C=O) groups excluding carboxylic acids is 2. The van der Waals surface area contributed by atoms with Crippen LogP contribution in [0.25, 0.3) is 0 Å². The molecule has 3 heterocycles. The molecule has 1 aromatic heterocycles. The third-order valence-corrected chi connectivity index (χ3v) is 5.22. The van der Waals surface area contributed by atoms with Crippen molar-refractivity contribution in [3.05, 3.63) is 53.9 Å². The minimum Gasteiger partial charge on any atom is -0.381 e. The molecule has 2 amide bonds. The Kier molecular flexibility index (Phi) is 7.60. The van der Waals surface area contributed by atoms with Gasteiger partial charge in [0.05, 0.1) is 5.56 Å². The number of amides is 2. The van der Waals surface area contributed by atoms with Gasteiger partial charge in [-0.3, -0.25) is 14.6 Å². The van der Waals surface area contributed by atoms with Crippen LogP contribution in [-0.2, 0) is 16.0 Å². The Balaban J connectivity index is 0.00000150.